The average Bonchev–Trinajstić information content (AvgIpc) is 1.77. The standard InChI is InChI=1S/C6H5FO.Na.H/c7-5-3-1-2-4-6(5)8;;/h1-4,8H;;/q;+1;-1. The molecule has 1 N–H and O–H groups in total. The Kier molecular flexibility index (Phi) is 3.86. The Hall–Kier alpha value is -0.0500. The fourth-order valence-corrected chi connectivity index (χ4v) is 0.452. The molecule has 1 rings (SSSR count). The maximum absolute atomic E-state index is 12.1. The zero-order chi connectivity index (χ0) is 5.98. The number of phenolic OH excluding ortho intramolecular Hbond substituents is 1. The molecule has 1 aromatic carbocycles. The third-order valence-electron chi connectivity index (χ3n) is 0.852. The van der Waals surface area contributed by atoms with Crippen molar-refractivity contribution in [2.24, 2.45) is 0 Å². The average molecular weight is 136 g/mol. The summed E-state index contributed by atoms with van der Waals surface area (Å²) in [5.74, 6) is -0.875. The van der Waals surface area contributed by atoms with E-state index in [9.17, 15) is 4.39 Å². The number of halogens is 1. The van der Waals surface area contributed by atoms with Gasteiger partial charge in [0.05, 0.1) is 0 Å². The Morgan fingerprint density at radius 1 is 1.33 bits per heavy atom. The van der Waals surface area contributed by atoms with E-state index in [1.54, 1.807) is 6.07 Å². The largest absolute Gasteiger partial charge is 1.00 e. The van der Waals surface area contributed by atoms with Gasteiger partial charge in [0.1, 0.15) is 0 Å². The predicted octanol–water partition coefficient (Wildman–Crippen LogP) is -1.35. The van der Waals surface area contributed by atoms with Gasteiger partial charge in [0.15, 0.2) is 11.6 Å². The van der Waals surface area contributed by atoms with Crippen LogP contribution in [0.4, 0.5) is 4.39 Å². The van der Waals surface area contributed by atoms with Gasteiger partial charge in [-0.3, -0.25) is 0 Å². The van der Waals surface area contributed by atoms with Gasteiger partial charge < -0.3 is 6.53 Å². The second-order valence-corrected chi connectivity index (χ2v) is 1.45. The van der Waals surface area contributed by atoms with Crippen LogP contribution in [0.15, 0.2) is 24.3 Å². The molecule has 3 heteroatoms. The quantitative estimate of drug-likeness (QED) is 0.437. The molecule has 0 spiro atoms. The van der Waals surface area contributed by atoms with E-state index in [1.807, 2.05) is 0 Å². The molecular weight excluding hydrogens is 130 g/mol. The molecule has 0 saturated carbocycles. The van der Waals surface area contributed by atoms with Crippen LogP contribution in [0.1, 0.15) is 1.43 Å². The van der Waals surface area contributed by atoms with Crippen LogP contribution in [-0.4, -0.2) is 5.11 Å². The van der Waals surface area contributed by atoms with Crippen molar-refractivity contribution in [2.75, 3.05) is 0 Å². The maximum atomic E-state index is 12.1. The van der Waals surface area contributed by atoms with Crippen molar-refractivity contribution in [3.63, 3.8) is 0 Å². The molecule has 1 nitrogen and oxygen atoms in total. The van der Waals surface area contributed by atoms with Crippen LogP contribution in [0.25, 0.3) is 0 Å². The summed E-state index contributed by atoms with van der Waals surface area (Å²) in [6.07, 6.45) is 0. The number of rotatable bonds is 0. The number of hydrogen-bond donors (Lipinski definition) is 1. The predicted molar refractivity (Wildman–Crippen MR) is 29.2 cm³/mol. The molecule has 0 saturated heterocycles. The SMILES string of the molecule is Oc1ccccc1F.[H-].[Na+]. The van der Waals surface area contributed by atoms with E-state index in [0.29, 0.717) is 0 Å². The molecule has 0 aliphatic rings. The molecule has 44 valence electrons. The third kappa shape index (κ3) is 2.35. The fraction of sp³-hybridized carbons (Fsp3) is 0. The summed E-state index contributed by atoms with van der Waals surface area (Å²) in [4.78, 5) is 0. The molecule has 0 heterocycles. The molecule has 0 atom stereocenters. The minimum Gasteiger partial charge on any atom is -1.00 e. The number of hydrogen-bond acceptors (Lipinski definition) is 1. The Bertz CT molecular complexity index is 174. The van der Waals surface area contributed by atoms with Crippen LogP contribution >= 0.6 is 0 Å². The maximum Gasteiger partial charge on any atom is 1.00 e. The Morgan fingerprint density at radius 2 is 1.89 bits per heavy atom. The van der Waals surface area contributed by atoms with E-state index in [0.717, 1.165) is 0 Å². The van der Waals surface area contributed by atoms with Crippen molar-refractivity contribution in [1.29, 1.82) is 0 Å². The zero-order valence-electron chi connectivity index (χ0n) is 6.13. The summed E-state index contributed by atoms with van der Waals surface area (Å²) < 4.78 is 12.1. The summed E-state index contributed by atoms with van der Waals surface area (Å²) in [6, 6.07) is 5.60. The number of phenols is 1. The van der Waals surface area contributed by atoms with Crippen molar-refractivity contribution in [1.82, 2.24) is 0 Å². The first-order valence-corrected chi connectivity index (χ1v) is 2.24. The van der Waals surface area contributed by atoms with Crippen LogP contribution in [0.3, 0.4) is 0 Å². The van der Waals surface area contributed by atoms with Crippen molar-refractivity contribution < 1.29 is 40.5 Å². The van der Waals surface area contributed by atoms with Gasteiger partial charge in [-0.15, -0.1) is 0 Å². The third-order valence-corrected chi connectivity index (χ3v) is 0.852. The summed E-state index contributed by atoms with van der Waals surface area (Å²) in [5.41, 5.74) is 0. The number of para-hydroxylation sites is 1. The van der Waals surface area contributed by atoms with Gasteiger partial charge >= 0.3 is 29.6 Å². The van der Waals surface area contributed by atoms with Crippen LogP contribution in [0, 0.1) is 5.82 Å². The van der Waals surface area contributed by atoms with Gasteiger partial charge in [0.2, 0.25) is 0 Å². The minimum absolute atomic E-state index is 0. The topological polar surface area (TPSA) is 20.2 Å². The molecule has 0 aromatic heterocycles. The summed E-state index contributed by atoms with van der Waals surface area (Å²) in [6.45, 7) is 0. The molecule has 0 aliphatic heterocycles. The van der Waals surface area contributed by atoms with Gasteiger partial charge in [-0.1, -0.05) is 12.1 Å². The van der Waals surface area contributed by atoms with E-state index in [4.69, 9.17) is 5.11 Å². The molecule has 1 aromatic rings. The van der Waals surface area contributed by atoms with E-state index in [2.05, 4.69) is 0 Å². The molecule has 9 heavy (non-hydrogen) atoms. The molecule has 0 unspecified atom stereocenters. The minimum atomic E-state index is -0.576. The molecule has 0 amide bonds. The molecule has 0 bridgehead atoms. The second-order valence-electron chi connectivity index (χ2n) is 1.45. The Labute approximate surface area is 76.3 Å². The number of benzene rings is 1. The molecule has 0 fully saturated rings. The van der Waals surface area contributed by atoms with Crippen LogP contribution < -0.4 is 29.6 Å². The molecular formula is C6H6FNaO. The summed E-state index contributed by atoms with van der Waals surface area (Å²) in [7, 11) is 0. The van der Waals surface area contributed by atoms with Gasteiger partial charge in [-0.05, 0) is 12.1 Å². The monoisotopic (exact) mass is 136 g/mol. The van der Waals surface area contributed by atoms with E-state index in [-0.39, 0.29) is 36.7 Å². The van der Waals surface area contributed by atoms with Crippen molar-refractivity contribution in [2.45, 2.75) is 0 Å². The molecule has 0 aliphatic carbocycles. The van der Waals surface area contributed by atoms with E-state index in [1.165, 1.54) is 18.2 Å². The van der Waals surface area contributed by atoms with E-state index < -0.39 is 5.82 Å². The van der Waals surface area contributed by atoms with Crippen molar-refractivity contribution in [3.8, 4) is 5.75 Å². The first-order valence-electron chi connectivity index (χ1n) is 2.24. The van der Waals surface area contributed by atoms with Crippen molar-refractivity contribution >= 4 is 0 Å². The first-order chi connectivity index (χ1) is 3.80. The van der Waals surface area contributed by atoms with Crippen LogP contribution in [0.5, 0.6) is 5.75 Å². The normalized spacial score (nSPS) is 8.11. The van der Waals surface area contributed by atoms with Crippen molar-refractivity contribution in [3.05, 3.63) is 30.1 Å². The van der Waals surface area contributed by atoms with Gasteiger partial charge in [-0.2, -0.15) is 0 Å². The summed E-state index contributed by atoms with van der Waals surface area (Å²) >= 11 is 0. The van der Waals surface area contributed by atoms with Crippen LogP contribution in [0.2, 0.25) is 0 Å². The smallest absolute Gasteiger partial charge is 1.00 e. The second kappa shape index (κ2) is 3.88. The molecule has 0 radical (unpaired) electrons. The fourth-order valence-electron chi connectivity index (χ4n) is 0.452. The van der Waals surface area contributed by atoms with Crippen LogP contribution in [-0.2, 0) is 0 Å². The van der Waals surface area contributed by atoms with Gasteiger partial charge in [0.25, 0.3) is 0 Å². The van der Waals surface area contributed by atoms with E-state index >= 15 is 0 Å². The van der Waals surface area contributed by atoms with Gasteiger partial charge in [-0.25, -0.2) is 4.39 Å². The summed E-state index contributed by atoms with van der Waals surface area (Å²) in [5, 5.41) is 8.54. The number of aromatic hydroxyl groups is 1. The Balaban J connectivity index is 0. The van der Waals surface area contributed by atoms with Gasteiger partial charge in [0, 0.05) is 0 Å². The first kappa shape index (κ1) is 8.95. The Morgan fingerprint density at radius 3 is 2.22 bits per heavy atom. The zero-order valence-corrected chi connectivity index (χ0v) is 7.13.